The Balaban J connectivity index is 1.94. The summed E-state index contributed by atoms with van der Waals surface area (Å²) in [6.45, 7) is 0. The van der Waals surface area contributed by atoms with Crippen LogP contribution in [0.1, 0.15) is 0 Å². The first kappa shape index (κ1) is 12.2. The lowest BCUT2D eigenvalue weighted by molar-refractivity contribution is 0.380. The summed E-state index contributed by atoms with van der Waals surface area (Å²) in [4.78, 5) is 11.3. The van der Waals surface area contributed by atoms with Gasteiger partial charge < -0.3 is 4.74 Å². The minimum atomic E-state index is -0.491. The number of para-hydroxylation sites is 1. The van der Waals surface area contributed by atoms with Gasteiger partial charge in [0.1, 0.15) is 11.5 Å². The summed E-state index contributed by atoms with van der Waals surface area (Å²) >= 11 is 0. The predicted molar refractivity (Wildman–Crippen MR) is 73.7 cm³/mol. The molecule has 1 heterocycles. The first-order chi connectivity index (χ1) is 9.74. The highest BCUT2D eigenvalue weighted by molar-refractivity contribution is 5.57. The number of benzene rings is 2. The van der Waals surface area contributed by atoms with Gasteiger partial charge in [0.15, 0.2) is 5.82 Å². The van der Waals surface area contributed by atoms with E-state index in [0.29, 0.717) is 11.6 Å². The van der Waals surface area contributed by atoms with Crippen LogP contribution in [0.25, 0.3) is 11.4 Å². The van der Waals surface area contributed by atoms with Gasteiger partial charge in [-0.25, -0.2) is 4.79 Å². The summed E-state index contributed by atoms with van der Waals surface area (Å²) < 4.78 is 11.7. The van der Waals surface area contributed by atoms with Crippen LogP contribution in [-0.4, -0.2) is 9.72 Å². The second-order valence-electron chi connectivity index (χ2n) is 4.27. The number of nitrogens with zero attached hydrogens (tertiary/aromatic N) is 2. The fraction of sp³-hybridized carbons (Fsp3) is 0.0667. The summed E-state index contributed by atoms with van der Waals surface area (Å²) in [6, 6.07) is 16.8. The maximum Gasteiger partial charge on any atom is 0.441 e. The van der Waals surface area contributed by atoms with Gasteiger partial charge in [-0.1, -0.05) is 35.5 Å². The van der Waals surface area contributed by atoms with E-state index in [4.69, 9.17) is 4.74 Å². The largest absolute Gasteiger partial charge is 0.457 e. The van der Waals surface area contributed by atoms with E-state index in [1.165, 1.54) is 4.57 Å². The van der Waals surface area contributed by atoms with Crippen LogP contribution >= 0.6 is 0 Å². The molecule has 0 aliphatic rings. The Kier molecular flexibility index (Phi) is 3.09. The van der Waals surface area contributed by atoms with Crippen molar-refractivity contribution < 1.29 is 9.26 Å². The smallest absolute Gasteiger partial charge is 0.441 e. The molecule has 100 valence electrons. The maximum atomic E-state index is 11.3. The monoisotopic (exact) mass is 268 g/mol. The Hall–Kier alpha value is -2.82. The van der Waals surface area contributed by atoms with Crippen LogP contribution < -0.4 is 10.5 Å². The zero-order valence-electron chi connectivity index (χ0n) is 10.8. The van der Waals surface area contributed by atoms with Crippen LogP contribution in [0.5, 0.6) is 11.5 Å². The highest BCUT2D eigenvalue weighted by Gasteiger charge is 2.10. The number of ether oxygens (including phenoxy) is 1. The van der Waals surface area contributed by atoms with Crippen molar-refractivity contribution in [3.05, 3.63) is 65.1 Å². The van der Waals surface area contributed by atoms with Gasteiger partial charge in [-0.05, 0) is 24.3 Å². The van der Waals surface area contributed by atoms with Gasteiger partial charge in [-0.3, -0.25) is 9.09 Å². The van der Waals surface area contributed by atoms with E-state index in [9.17, 15) is 4.79 Å². The van der Waals surface area contributed by atoms with Crippen LogP contribution in [0.4, 0.5) is 0 Å². The lowest BCUT2D eigenvalue weighted by atomic mass is 10.2. The third kappa shape index (κ3) is 2.33. The van der Waals surface area contributed by atoms with Crippen LogP contribution in [0.3, 0.4) is 0 Å². The number of hydrogen-bond acceptors (Lipinski definition) is 4. The molecule has 0 radical (unpaired) electrons. The summed E-state index contributed by atoms with van der Waals surface area (Å²) in [5, 5.41) is 3.75. The molecule has 0 aliphatic heterocycles. The van der Waals surface area contributed by atoms with Crippen molar-refractivity contribution in [3.8, 4) is 22.9 Å². The third-order valence-corrected chi connectivity index (χ3v) is 2.87. The maximum absolute atomic E-state index is 11.3. The molecule has 0 saturated heterocycles. The van der Waals surface area contributed by atoms with E-state index in [0.717, 1.165) is 11.3 Å². The van der Waals surface area contributed by atoms with Gasteiger partial charge in [-0.2, -0.15) is 0 Å². The van der Waals surface area contributed by atoms with Crippen molar-refractivity contribution in [2.45, 2.75) is 0 Å². The summed E-state index contributed by atoms with van der Waals surface area (Å²) in [6.07, 6.45) is 0. The number of aromatic nitrogens is 2. The first-order valence-corrected chi connectivity index (χ1v) is 6.10. The van der Waals surface area contributed by atoms with Crippen LogP contribution in [0.15, 0.2) is 63.9 Å². The van der Waals surface area contributed by atoms with E-state index in [2.05, 4.69) is 9.68 Å². The van der Waals surface area contributed by atoms with Crippen molar-refractivity contribution in [2.24, 2.45) is 7.05 Å². The molecule has 0 unspecified atom stereocenters. The lowest BCUT2D eigenvalue weighted by Gasteiger charge is -2.06. The summed E-state index contributed by atoms with van der Waals surface area (Å²) in [7, 11) is 1.61. The molecule has 0 atom stereocenters. The molecule has 3 rings (SSSR count). The van der Waals surface area contributed by atoms with Gasteiger partial charge in [0.2, 0.25) is 0 Å². The quantitative estimate of drug-likeness (QED) is 0.733. The van der Waals surface area contributed by atoms with Gasteiger partial charge in [0, 0.05) is 12.6 Å². The molecule has 0 spiro atoms. The second-order valence-corrected chi connectivity index (χ2v) is 4.27. The average molecular weight is 268 g/mol. The number of hydrogen-bond donors (Lipinski definition) is 0. The SMILES string of the molecule is Cn1c(-c2cccc(Oc3ccccc3)c2)noc1=O. The fourth-order valence-corrected chi connectivity index (χ4v) is 1.86. The Morgan fingerprint density at radius 1 is 1.05 bits per heavy atom. The molecule has 1 aromatic heterocycles. The highest BCUT2D eigenvalue weighted by atomic mass is 16.5. The first-order valence-electron chi connectivity index (χ1n) is 6.10. The van der Waals surface area contributed by atoms with Gasteiger partial charge in [0.25, 0.3) is 0 Å². The molecule has 2 aromatic carbocycles. The molecule has 20 heavy (non-hydrogen) atoms. The van der Waals surface area contributed by atoms with E-state index in [1.54, 1.807) is 7.05 Å². The fourth-order valence-electron chi connectivity index (χ4n) is 1.86. The Bertz CT molecular complexity index is 775. The predicted octanol–water partition coefficient (Wildman–Crippen LogP) is 2.83. The van der Waals surface area contributed by atoms with E-state index < -0.39 is 5.76 Å². The lowest BCUT2D eigenvalue weighted by Crippen LogP contribution is -2.10. The molecule has 0 aliphatic carbocycles. The molecule has 0 saturated carbocycles. The molecular weight excluding hydrogens is 256 g/mol. The van der Waals surface area contributed by atoms with Crippen molar-refractivity contribution in [1.29, 1.82) is 0 Å². The standard InChI is InChI=1S/C15H12N2O3/c1-17-14(16-20-15(17)18)11-6-5-9-13(10-11)19-12-7-3-2-4-8-12/h2-10H,1H3. The minimum absolute atomic E-state index is 0.466. The zero-order chi connectivity index (χ0) is 13.9. The van der Waals surface area contributed by atoms with E-state index in [-0.39, 0.29) is 0 Å². The van der Waals surface area contributed by atoms with Crippen LogP contribution in [-0.2, 0) is 7.05 Å². The van der Waals surface area contributed by atoms with Crippen molar-refractivity contribution in [1.82, 2.24) is 9.72 Å². The highest BCUT2D eigenvalue weighted by Crippen LogP contribution is 2.25. The average Bonchev–Trinajstić information content (AvgIpc) is 2.80. The third-order valence-electron chi connectivity index (χ3n) is 2.87. The van der Waals surface area contributed by atoms with Crippen molar-refractivity contribution >= 4 is 0 Å². The van der Waals surface area contributed by atoms with Crippen molar-refractivity contribution in [3.63, 3.8) is 0 Å². The Morgan fingerprint density at radius 3 is 2.50 bits per heavy atom. The molecule has 0 bridgehead atoms. The molecule has 3 aromatic rings. The second kappa shape index (κ2) is 5.05. The number of rotatable bonds is 3. The molecule has 0 amide bonds. The van der Waals surface area contributed by atoms with Crippen molar-refractivity contribution in [2.75, 3.05) is 0 Å². The summed E-state index contributed by atoms with van der Waals surface area (Å²) in [5.41, 5.74) is 0.756. The van der Waals surface area contributed by atoms with Gasteiger partial charge in [-0.15, -0.1) is 0 Å². The van der Waals surface area contributed by atoms with Gasteiger partial charge >= 0.3 is 5.76 Å². The molecule has 0 N–H and O–H groups in total. The Morgan fingerprint density at radius 2 is 1.80 bits per heavy atom. The zero-order valence-corrected chi connectivity index (χ0v) is 10.8. The molecule has 5 nitrogen and oxygen atoms in total. The Labute approximate surface area is 115 Å². The molecule has 5 heteroatoms. The van der Waals surface area contributed by atoms with Gasteiger partial charge in [0.05, 0.1) is 0 Å². The normalized spacial score (nSPS) is 10.4. The van der Waals surface area contributed by atoms with Crippen LogP contribution in [0.2, 0.25) is 0 Å². The molecular formula is C15H12N2O3. The summed E-state index contributed by atoms with van der Waals surface area (Å²) in [5.74, 6) is 1.39. The van der Waals surface area contributed by atoms with E-state index in [1.807, 2.05) is 54.6 Å². The van der Waals surface area contributed by atoms with Crippen LogP contribution in [0, 0.1) is 0 Å². The minimum Gasteiger partial charge on any atom is -0.457 e. The molecule has 0 fully saturated rings. The topological polar surface area (TPSA) is 57.3 Å². The van der Waals surface area contributed by atoms with E-state index >= 15 is 0 Å².